The SMILES string of the molecule is COC(=O)C1CCCCN1Cc1cnc2c(Cc3cccc(-c4cccc(OCCCN5CCC(O)C5)c4C)c3C)nccc2c1. The molecular formula is C38H46N4O4. The third-order valence-electron chi connectivity index (χ3n) is 9.71. The third-order valence-corrected chi connectivity index (χ3v) is 9.71. The third kappa shape index (κ3) is 7.25. The summed E-state index contributed by atoms with van der Waals surface area (Å²) in [5.74, 6) is 0.768. The number of pyridine rings is 2. The lowest BCUT2D eigenvalue weighted by Gasteiger charge is -2.33. The topological polar surface area (TPSA) is 88.0 Å². The number of likely N-dealkylation sites (tertiary alicyclic amines) is 2. The number of methoxy groups -OCH3 is 1. The highest BCUT2D eigenvalue weighted by Gasteiger charge is 2.29. The molecule has 4 heterocycles. The molecule has 2 aliphatic heterocycles. The van der Waals surface area contributed by atoms with Gasteiger partial charge in [-0.25, -0.2) is 0 Å². The molecule has 0 amide bonds. The molecule has 2 aromatic carbocycles. The van der Waals surface area contributed by atoms with Gasteiger partial charge in [-0.15, -0.1) is 0 Å². The zero-order valence-electron chi connectivity index (χ0n) is 27.4. The Morgan fingerprint density at radius 3 is 2.63 bits per heavy atom. The van der Waals surface area contributed by atoms with E-state index in [9.17, 15) is 9.90 Å². The number of esters is 1. The first kappa shape index (κ1) is 32.1. The summed E-state index contributed by atoms with van der Waals surface area (Å²) in [7, 11) is 1.47. The van der Waals surface area contributed by atoms with E-state index in [0.29, 0.717) is 19.6 Å². The van der Waals surface area contributed by atoms with Gasteiger partial charge in [-0.1, -0.05) is 36.8 Å². The van der Waals surface area contributed by atoms with Crippen LogP contribution in [0.5, 0.6) is 5.75 Å². The summed E-state index contributed by atoms with van der Waals surface area (Å²) in [5.41, 5.74) is 8.91. The highest BCUT2D eigenvalue weighted by molar-refractivity contribution is 5.81. The number of rotatable bonds is 11. The zero-order valence-corrected chi connectivity index (χ0v) is 27.4. The van der Waals surface area contributed by atoms with Crippen molar-refractivity contribution in [2.75, 3.05) is 39.9 Å². The Labute approximate surface area is 272 Å². The number of aromatic nitrogens is 2. The summed E-state index contributed by atoms with van der Waals surface area (Å²) >= 11 is 0. The lowest BCUT2D eigenvalue weighted by molar-refractivity contribution is -0.148. The second-order valence-electron chi connectivity index (χ2n) is 12.8. The number of benzene rings is 2. The number of aliphatic hydroxyl groups is 1. The van der Waals surface area contributed by atoms with E-state index in [4.69, 9.17) is 19.4 Å². The predicted molar refractivity (Wildman–Crippen MR) is 181 cm³/mol. The van der Waals surface area contributed by atoms with Gasteiger partial charge in [0.15, 0.2) is 0 Å². The van der Waals surface area contributed by atoms with Crippen molar-refractivity contribution in [1.29, 1.82) is 0 Å². The minimum atomic E-state index is -0.191. The van der Waals surface area contributed by atoms with E-state index in [2.05, 4.69) is 66.1 Å². The summed E-state index contributed by atoms with van der Waals surface area (Å²) in [6, 6.07) is 16.8. The molecule has 2 saturated heterocycles. The van der Waals surface area contributed by atoms with Crippen molar-refractivity contribution in [2.45, 2.75) is 71.1 Å². The minimum absolute atomic E-state index is 0.151. The van der Waals surface area contributed by atoms with Gasteiger partial charge in [0.2, 0.25) is 0 Å². The number of hydrogen-bond donors (Lipinski definition) is 1. The van der Waals surface area contributed by atoms with Crippen molar-refractivity contribution in [3.8, 4) is 16.9 Å². The van der Waals surface area contributed by atoms with Crippen LogP contribution in [0.4, 0.5) is 0 Å². The van der Waals surface area contributed by atoms with Crippen molar-refractivity contribution < 1.29 is 19.4 Å². The van der Waals surface area contributed by atoms with E-state index in [0.717, 1.165) is 91.8 Å². The summed E-state index contributed by atoms with van der Waals surface area (Å²) in [4.78, 5) is 26.6. The van der Waals surface area contributed by atoms with Crippen LogP contribution in [0.3, 0.4) is 0 Å². The van der Waals surface area contributed by atoms with Gasteiger partial charge in [0.1, 0.15) is 11.8 Å². The maximum atomic E-state index is 12.4. The molecule has 2 aromatic heterocycles. The Bertz CT molecular complexity index is 1670. The molecule has 6 rings (SSSR count). The fraction of sp³-hybridized carbons (Fsp3) is 0.447. The Balaban J connectivity index is 1.17. The molecule has 2 unspecified atom stereocenters. The molecule has 2 aliphatic rings. The first-order chi connectivity index (χ1) is 22.4. The lowest BCUT2D eigenvalue weighted by Crippen LogP contribution is -2.44. The van der Waals surface area contributed by atoms with Crippen LogP contribution in [0.15, 0.2) is 60.9 Å². The van der Waals surface area contributed by atoms with Crippen molar-refractivity contribution in [2.24, 2.45) is 0 Å². The van der Waals surface area contributed by atoms with Gasteiger partial charge < -0.3 is 19.5 Å². The van der Waals surface area contributed by atoms with Crippen LogP contribution in [0.1, 0.15) is 60.1 Å². The average molecular weight is 623 g/mol. The number of nitrogens with zero attached hydrogens (tertiary/aromatic N) is 4. The molecule has 242 valence electrons. The summed E-state index contributed by atoms with van der Waals surface area (Å²) < 4.78 is 11.3. The number of β-amino-alcohol motifs (C(OH)–C–C–N with tert-alkyl or cyclic N) is 1. The fourth-order valence-electron chi connectivity index (χ4n) is 7.09. The molecule has 0 bridgehead atoms. The number of aliphatic hydroxyl groups excluding tert-OH is 1. The van der Waals surface area contributed by atoms with Gasteiger partial charge in [0.25, 0.3) is 0 Å². The van der Waals surface area contributed by atoms with Crippen molar-refractivity contribution in [1.82, 2.24) is 19.8 Å². The lowest BCUT2D eigenvalue weighted by atomic mass is 9.91. The Morgan fingerprint density at radius 1 is 1.00 bits per heavy atom. The van der Waals surface area contributed by atoms with Gasteiger partial charge in [0.05, 0.1) is 31.0 Å². The molecule has 8 nitrogen and oxygen atoms in total. The van der Waals surface area contributed by atoms with Gasteiger partial charge in [-0.05, 0) is 97.7 Å². The molecule has 8 heteroatoms. The van der Waals surface area contributed by atoms with E-state index in [1.54, 1.807) is 0 Å². The monoisotopic (exact) mass is 622 g/mol. The molecule has 0 spiro atoms. The summed E-state index contributed by atoms with van der Waals surface area (Å²) in [5, 5.41) is 10.8. The van der Waals surface area contributed by atoms with E-state index in [1.807, 2.05) is 18.5 Å². The fourth-order valence-corrected chi connectivity index (χ4v) is 7.09. The van der Waals surface area contributed by atoms with Crippen LogP contribution < -0.4 is 4.74 Å². The normalized spacial score (nSPS) is 19.0. The zero-order chi connectivity index (χ0) is 32.0. The molecule has 2 fully saturated rings. The second kappa shape index (κ2) is 14.7. The second-order valence-corrected chi connectivity index (χ2v) is 12.8. The van der Waals surface area contributed by atoms with Crippen LogP contribution in [0.25, 0.3) is 22.0 Å². The quantitative estimate of drug-likeness (QED) is 0.164. The Hall–Kier alpha value is -3.85. The number of ether oxygens (including phenoxy) is 2. The van der Waals surface area contributed by atoms with Crippen LogP contribution in [0.2, 0.25) is 0 Å². The number of piperidine rings is 1. The average Bonchev–Trinajstić information content (AvgIpc) is 3.49. The van der Waals surface area contributed by atoms with Gasteiger partial charge >= 0.3 is 5.97 Å². The first-order valence-corrected chi connectivity index (χ1v) is 16.7. The molecule has 0 radical (unpaired) electrons. The maximum absolute atomic E-state index is 12.4. The first-order valence-electron chi connectivity index (χ1n) is 16.7. The van der Waals surface area contributed by atoms with Crippen LogP contribution in [0, 0.1) is 13.8 Å². The Morgan fingerprint density at radius 2 is 1.83 bits per heavy atom. The molecular weight excluding hydrogens is 576 g/mol. The van der Waals surface area contributed by atoms with E-state index in [-0.39, 0.29) is 18.1 Å². The maximum Gasteiger partial charge on any atom is 0.323 e. The minimum Gasteiger partial charge on any atom is -0.493 e. The van der Waals surface area contributed by atoms with Gasteiger partial charge in [-0.3, -0.25) is 19.7 Å². The highest BCUT2D eigenvalue weighted by Crippen LogP contribution is 2.34. The van der Waals surface area contributed by atoms with Crippen LogP contribution >= 0.6 is 0 Å². The number of hydrogen-bond acceptors (Lipinski definition) is 8. The van der Waals surface area contributed by atoms with Crippen molar-refractivity contribution in [3.05, 3.63) is 88.9 Å². The molecule has 1 N–H and O–H groups in total. The van der Waals surface area contributed by atoms with E-state index >= 15 is 0 Å². The predicted octanol–water partition coefficient (Wildman–Crippen LogP) is 5.87. The largest absolute Gasteiger partial charge is 0.493 e. The van der Waals surface area contributed by atoms with Gasteiger partial charge in [0, 0.05) is 50.4 Å². The standard InChI is InChI=1S/C38H46N4O4/c1-26-29(9-6-10-32(26)33-11-7-13-36(27(33)2)46-20-8-17-41-19-15-31(43)25-41)22-34-37-30(14-16-39-34)21-28(23-40-37)24-42-18-5-4-12-35(42)38(44)45-3/h6-7,9-11,13-14,16,21,23,31,35,43H,4-5,8,12,15,17-20,22,24-25H2,1-3H3. The Kier molecular flexibility index (Phi) is 10.3. The van der Waals surface area contributed by atoms with Crippen molar-refractivity contribution in [3.63, 3.8) is 0 Å². The number of carbonyl (C=O) groups excluding carboxylic acids is 1. The molecule has 46 heavy (non-hydrogen) atoms. The summed E-state index contributed by atoms with van der Waals surface area (Å²) in [6.45, 7) is 9.22. The van der Waals surface area contributed by atoms with Crippen LogP contribution in [-0.2, 0) is 22.5 Å². The smallest absolute Gasteiger partial charge is 0.323 e. The van der Waals surface area contributed by atoms with Crippen LogP contribution in [-0.4, -0.2) is 82.9 Å². The highest BCUT2D eigenvalue weighted by atomic mass is 16.5. The van der Waals surface area contributed by atoms with Crippen molar-refractivity contribution >= 4 is 16.9 Å². The van der Waals surface area contributed by atoms with Gasteiger partial charge in [-0.2, -0.15) is 0 Å². The van der Waals surface area contributed by atoms with E-state index < -0.39 is 0 Å². The number of carbonyl (C=O) groups is 1. The molecule has 0 aliphatic carbocycles. The molecule has 0 saturated carbocycles. The molecule has 4 aromatic rings. The summed E-state index contributed by atoms with van der Waals surface area (Å²) in [6.07, 6.45) is 9.08. The number of fused-ring (bicyclic) bond motifs is 1. The molecule has 2 atom stereocenters. The van der Waals surface area contributed by atoms with E-state index in [1.165, 1.54) is 29.4 Å².